The number of hydrogen-bond acceptors (Lipinski definition) is 6. The summed E-state index contributed by atoms with van der Waals surface area (Å²) < 4.78 is 6.94. The Morgan fingerprint density at radius 3 is 3.06 bits per heavy atom. The van der Waals surface area contributed by atoms with E-state index < -0.39 is 0 Å². The van der Waals surface area contributed by atoms with Crippen molar-refractivity contribution in [2.24, 2.45) is 0 Å². The van der Waals surface area contributed by atoms with Gasteiger partial charge in [0.05, 0.1) is 12.6 Å². The standard InChI is InChI=1S/C11H21N5OS/c1-17-8-7-12-6-2-3-9-18-11-13-14-15-16(11)10-4-5-10/h10,12H,2-9H2,1H3. The number of nitrogens with one attached hydrogen (secondary N) is 1. The fraction of sp³-hybridized carbons (Fsp3) is 0.909. The van der Waals surface area contributed by atoms with Gasteiger partial charge < -0.3 is 10.1 Å². The molecule has 0 radical (unpaired) electrons. The number of unbranched alkanes of at least 4 members (excludes halogenated alkanes) is 1. The van der Waals surface area contributed by atoms with Gasteiger partial charge in [-0.2, -0.15) is 0 Å². The van der Waals surface area contributed by atoms with Crippen molar-refractivity contribution >= 4 is 11.8 Å². The second kappa shape index (κ2) is 7.70. The van der Waals surface area contributed by atoms with Gasteiger partial charge in [-0.15, -0.1) is 5.10 Å². The molecule has 18 heavy (non-hydrogen) atoms. The number of thioether (sulfide) groups is 1. The maximum Gasteiger partial charge on any atom is 0.209 e. The van der Waals surface area contributed by atoms with Crippen molar-refractivity contribution in [1.29, 1.82) is 0 Å². The molecule has 1 aliphatic rings. The molecule has 0 unspecified atom stereocenters. The second-order valence-electron chi connectivity index (χ2n) is 4.44. The van der Waals surface area contributed by atoms with Gasteiger partial charge in [-0.25, -0.2) is 4.68 Å². The van der Waals surface area contributed by atoms with Gasteiger partial charge in [-0.1, -0.05) is 11.8 Å². The van der Waals surface area contributed by atoms with Crippen molar-refractivity contribution in [3.63, 3.8) is 0 Å². The van der Waals surface area contributed by atoms with Crippen LogP contribution < -0.4 is 5.32 Å². The van der Waals surface area contributed by atoms with Crippen LogP contribution in [-0.2, 0) is 4.74 Å². The van der Waals surface area contributed by atoms with Gasteiger partial charge in [-0.3, -0.25) is 0 Å². The zero-order valence-corrected chi connectivity index (χ0v) is 11.7. The summed E-state index contributed by atoms with van der Waals surface area (Å²) in [5, 5.41) is 16.2. The highest BCUT2D eigenvalue weighted by Gasteiger charge is 2.27. The third kappa shape index (κ3) is 4.55. The minimum absolute atomic E-state index is 0.568. The quantitative estimate of drug-likeness (QED) is 0.508. The van der Waals surface area contributed by atoms with Crippen LogP contribution in [0.25, 0.3) is 0 Å². The van der Waals surface area contributed by atoms with Crippen LogP contribution in [0.1, 0.15) is 31.7 Å². The molecular formula is C11H21N5OS. The van der Waals surface area contributed by atoms with Crippen molar-refractivity contribution in [2.45, 2.75) is 36.9 Å². The molecule has 1 N–H and O–H groups in total. The minimum Gasteiger partial charge on any atom is -0.383 e. The molecular weight excluding hydrogens is 250 g/mol. The average molecular weight is 271 g/mol. The predicted molar refractivity (Wildman–Crippen MR) is 70.8 cm³/mol. The molecule has 1 aromatic heterocycles. The smallest absolute Gasteiger partial charge is 0.209 e. The lowest BCUT2D eigenvalue weighted by molar-refractivity contribution is 0.199. The lowest BCUT2D eigenvalue weighted by Gasteiger charge is -2.04. The first-order valence-electron chi connectivity index (χ1n) is 6.52. The van der Waals surface area contributed by atoms with Gasteiger partial charge in [0.25, 0.3) is 0 Å². The van der Waals surface area contributed by atoms with E-state index in [1.807, 2.05) is 4.68 Å². The highest BCUT2D eigenvalue weighted by atomic mass is 32.2. The van der Waals surface area contributed by atoms with E-state index in [-0.39, 0.29) is 0 Å². The van der Waals surface area contributed by atoms with E-state index in [0.717, 1.165) is 30.6 Å². The van der Waals surface area contributed by atoms with Gasteiger partial charge in [0, 0.05) is 19.4 Å². The predicted octanol–water partition coefficient (Wildman–Crippen LogP) is 1.12. The van der Waals surface area contributed by atoms with Crippen LogP contribution in [0.5, 0.6) is 0 Å². The molecule has 1 fully saturated rings. The summed E-state index contributed by atoms with van der Waals surface area (Å²) in [4.78, 5) is 0. The van der Waals surface area contributed by atoms with Crippen LogP contribution in [0.2, 0.25) is 0 Å². The molecule has 1 heterocycles. The molecule has 1 aliphatic carbocycles. The molecule has 0 saturated heterocycles. The van der Waals surface area contributed by atoms with E-state index in [4.69, 9.17) is 4.74 Å². The Kier molecular flexibility index (Phi) is 5.89. The van der Waals surface area contributed by atoms with Crippen molar-refractivity contribution < 1.29 is 4.74 Å². The third-order valence-electron chi connectivity index (χ3n) is 2.82. The SMILES string of the molecule is COCCNCCCCSc1nnnn1C1CC1. The van der Waals surface area contributed by atoms with E-state index >= 15 is 0 Å². The first-order chi connectivity index (χ1) is 8.92. The van der Waals surface area contributed by atoms with Gasteiger partial charge in [0.15, 0.2) is 0 Å². The molecule has 0 amide bonds. The van der Waals surface area contributed by atoms with Crippen LogP contribution in [0.3, 0.4) is 0 Å². The molecule has 2 rings (SSSR count). The van der Waals surface area contributed by atoms with Gasteiger partial charge >= 0.3 is 0 Å². The molecule has 6 nitrogen and oxygen atoms in total. The molecule has 0 spiro atoms. The molecule has 1 aromatic rings. The molecule has 1 saturated carbocycles. The summed E-state index contributed by atoms with van der Waals surface area (Å²) in [7, 11) is 1.72. The Morgan fingerprint density at radius 1 is 1.39 bits per heavy atom. The molecule has 102 valence electrons. The van der Waals surface area contributed by atoms with Gasteiger partial charge in [0.2, 0.25) is 5.16 Å². The summed E-state index contributed by atoms with van der Waals surface area (Å²) in [5.41, 5.74) is 0. The lowest BCUT2D eigenvalue weighted by atomic mass is 10.3. The molecule has 7 heteroatoms. The van der Waals surface area contributed by atoms with Crippen molar-refractivity contribution in [3.05, 3.63) is 0 Å². The van der Waals surface area contributed by atoms with Crippen LogP contribution in [-0.4, -0.2) is 52.8 Å². The summed E-state index contributed by atoms with van der Waals surface area (Å²) in [6.07, 6.45) is 4.81. The topological polar surface area (TPSA) is 64.9 Å². The van der Waals surface area contributed by atoms with Crippen LogP contribution >= 0.6 is 11.8 Å². The highest BCUT2D eigenvalue weighted by Crippen LogP contribution is 2.36. The number of ether oxygens (including phenoxy) is 1. The van der Waals surface area contributed by atoms with E-state index in [1.54, 1.807) is 18.9 Å². The van der Waals surface area contributed by atoms with Crippen molar-refractivity contribution in [1.82, 2.24) is 25.5 Å². The van der Waals surface area contributed by atoms with Gasteiger partial charge in [0.1, 0.15) is 0 Å². The molecule has 0 bridgehead atoms. The van der Waals surface area contributed by atoms with Gasteiger partial charge in [-0.05, 0) is 42.7 Å². The number of methoxy groups -OCH3 is 1. The zero-order valence-electron chi connectivity index (χ0n) is 10.8. The summed E-state index contributed by atoms with van der Waals surface area (Å²) in [5.74, 6) is 1.08. The average Bonchev–Trinajstić information content (AvgIpc) is 3.12. The van der Waals surface area contributed by atoms with E-state index in [1.165, 1.54) is 25.7 Å². The Bertz CT molecular complexity index is 342. The normalized spacial score (nSPS) is 15.2. The Hall–Kier alpha value is -0.660. The molecule has 0 aromatic carbocycles. The third-order valence-corrected chi connectivity index (χ3v) is 3.84. The second-order valence-corrected chi connectivity index (χ2v) is 5.50. The fourth-order valence-electron chi connectivity index (χ4n) is 1.64. The maximum absolute atomic E-state index is 4.97. The largest absolute Gasteiger partial charge is 0.383 e. The molecule has 0 aliphatic heterocycles. The van der Waals surface area contributed by atoms with Crippen molar-refractivity contribution in [2.75, 3.05) is 32.6 Å². The summed E-state index contributed by atoms with van der Waals surface area (Å²) in [6.45, 7) is 2.77. The van der Waals surface area contributed by atoms with E-state index in [9.17, 15) is 0 Å². The lowest BCUT2D eigenvalue weighted by Crippen LogP contribution is -2.20. The van der Waals surface area contributed by atoms with Crippen LogP contribution in [0.4, 0.5) is 0 Å². The number of rotatable bonds is 10. The van der Waals surface area contributed by atoms with Crippen LogP contribution in [0.15, 0.2) is 5.16 Å². The fourth-order valence-corrected chi connectivity index (χ4v) is 2.59. The Labute approximate surface area is 112 Å². The summed E-state index contributed by atoms with van der Waals surface area (Å²) in [6, 6.07) is 0.568. The summed E-state index contributed by atoms with van der Waals surface area (Å²) >= 11 is 1.76. The number of nitrogens with zero attached hydrogens (tertiary/aromatic N) is 4. The Morgan fingerprint density at radius 2 is 2.28 bits per heavy atom. The number of hydrogen-bond donors (Lipinski definition) is 1. The van der Waals surface area contributed by atoms with Crippen LogP contribution in [0, 0.1) is 0 Å². The Balaban J connectivity index is 1.51. The maximum atomic E-state index is 4.97. The number of tetrazole rings is 1. The zero-order chi connectivity index (χ0) is 12.6. The molecule has 0 atom stereocenters. The highest BCUT2D eigenvalue weighted by molar-refractivity contribution is 7.99. The van der Waals surface area contributed by atoms with Crippen molar-refractivity contribution in [3.8, 4) is 0 Å². The first-order valence-corrected chi connectivity index (χ1v) is 7.50. The monoisotopic (exact) mass is 271 g/mol. The number of aromatic nitrogens is 4. The minimum atomic E-state index is 0.568. The first kappa shape index (κ1) is 13.8. The van der Waals surface area contributed by atoms with E-state index in [0.29, 0.717) is 6.04 Å². The van der Waals surface area contributed by atoms with E-state index in [2.05, 4.69) is 20.8 Å².